The Morgan fingerprint density at radius 1 is 0.964 bits per heavy atom. The fourth-order valence-electron chi connectivity index (χ4n) is 3.21. The summed E-state index contributed by atoms with van der Waals surface area (Å²) < 4.78 is 11.5. The highest BCUT2D eigenvalue weighted by Crippen LogP contribution is 2.43. The molecule has 0 saturated heterocycles. The molecule has 0 saturated carbocycles. The van der Waals surface area contributed by atoms with E-state index < -0.39 is 0 Å². The van der Waals surface area contributed by atoms with Crippen LogP contribution in [0, 0.1) is 11.3 Å². The second-order valence-electron chi connectivity index (χ2n) is 6.35. The van der Waals surface area contributed by atoms with E-state index >= 15 is 0 Å². The Bertz CT molecular complexity index is 1120. The lowest BCUT2D eigenvalue weighted by Crippen LogP contribution is -2.21. The third-order valence-electron chi connectivity index (χ3n) is 4.48. The van der Waals surface area contributed by atoms with Crippen molar-refractivity contribution in [3.8, 4) is 23.3 Å². The fraction of sp³-hybridized carbons (Fsp3) is 0.0455. The summed E-state index contributed by atoms with van der Waals surface area (Å²) in [5, 5.41) is 10.3. The third-order valence-corrected chi connectivity index (χ3v) is 4.74. The van der Waals surface area contributed by atoms with E-state index in [9.17, 15) is 5.26 Å². The number of anilines is 1. The molecule has 138 valence electrons. The van der Waals surface area contributed by atoms with E-state index in [2.05, 4.69) is 6.07 Å². The van der Waals surface area contributed by atoms with Crippen molar-refractivity contribution in [1.29, 1.82) is 5.26 Å². The number of nitriles is 1. The topological polar surface area (TPSA) is 94.3 Å². The highest BCUT2D eigenvalue weighted by molar-refractivity contribution is 6.30. The minimum atomic E-state index is -0.372. The first kappa shape index (κ1) is 17.8. The summed E-state index contributed by atoms with van der Waals surface area (Å²) in [4.78, 5) is 0. The van der Waals surface area contributed by atoms with Crippen LogP contribution >= 0.6 is 11.6 Å². The van der Waals surface area contributed by atoms with Gasteiger partial charge in [-0.05, 0) is 48.0 Å². The Labute approximate surface area is 167 Å². The van der Waals surface area contributed by atoms with Crippen LogP contribution in [0.4, 0.5) is 5.69 Å². The average molecular weight is 390 g/mol. The van der Waals surface area contributed by atoms with E-state index in [1.807, 2.05) is 30.3 Å². The van der Waals surface area contributed by atoms with Gasteiger partial charge in [-0.25, -0.2) is 0 Å². The lowest BCUT2D eigenvalue weighted by Gasteiger charge is -2.26. The number of hydrogen-bond acceptors (Lipinski definition) is 5. The third kappa shape index (κ3) is 3.34. The Morgan fingerprint density at radius 2 is 1.75 bits per heavy atom. The predicted molar refractivity (Wildman–Crippen MR) is 108 cm³/mol. The van der Waals surface area contributed by atoms with Gasteiger partial charge in [0.05, 0.1) is 5.92 Å². The van der Waals surface area contributed by atoms with Crippen molar-refractivity contribution in [3.63, 3.8) is 0 Å². The SMILES string of the molecule is N#CC1=C(N)Oc2cc(N)ccc2[C@H]1c1cccc(Oc2ccc(Cl)cc2)c1. The summed E-state index contributed by atoms with van der Waals surface area (Å²) in [6.45, 7) is 0. The molecular formula is C22H16ClN3O2. The summed E-state index contributed by atoms with van der Waals surface area (Å²) >= 11 is 5.92. The van der Waals surface area contributed by atoms with Crippen LogP contribution in [0.5, 0.6) is 17.2 Å². The van der Waals surface area contributed by atoms with E-state index in [4.69, 9.17) is 32.5 Å². The molecule has 0 amide bonds. The number of nitrogens with two attached hydrogens (primary N) is 2. The molecule has 5 nitrogen and oxygen atoms in total. The molecule has 0 aromatic heterocycles. The second kappa shape index (κ2) is 7.18. The molecule has 3 aromatic rings. The van der Waals surface area contributed by atoms with Crippen LogP contribution in [-0.2, 0) is 0 Å². The van der Waals surface area contributed by atoms with E-state index in [-0.39, 0.29) is 11.8 Å². The van der Waals surface area contributed by atoms with E-state index in [0.717, 1.165) is 11.1 Å². The monoisotopic (exact) mass is 389 g/mol. The average Bonchev–Trinajstić information content (AvgIpc) is 2.69. The number of fused-ring (bicyclic) bond motifs is 1. The molecule has 6 heteroatoms. The van der Waals surface area contributed by atoms with E-state index in [1.54, 1.807) is 36.4 Å². The maximum Gasteiger partial charge on any atom is 0.205 e. The minimum absolute atomic E-state index is 0.0784. The smallest absolute Gasteiger partial charge is 0.205 e. The maximum atomic E-state index is 9.67. The summed E-state index contributed by atoms with van der Waals surface area (Å²) in [5.41, 5.74) is 14.5. The standard InChI is InChI=1S/C22H16ClN3O2/c23-14-4-7-16(8-5-14)27-17-3-1-2-13(10-17)21-18-9-6-15(25)11-20(18)28-22(26)19(21)12-24/h1-11,21H,25-26H2/t21-/m1/s1. The van der Waals surface area contributed by atoms with Gasteiger partial charge in [0.25, 0.3) is 0 Å². The zero-order valence-electron chi connectivity index (χ0n) is 14.7. The van der Waals surface area contributed by atoms with Gasteiger partial charge < -0.3 is 20.9 Å². The van der Waals surface area contributed by atoms with Gasteiger partial charge in [-0.15, -0.1) is 0 Å². The molecule has 28 heavy (non-hydrogen) atoms. The first-order valence-electron chi connectivity index (χ1n) is 8.55. The lowest BCUT2D eigenvalue weighted by atomic mass is 9.83. The van der Waals surface area contributed by atoms with E-state index in [0.29, 0.717) is 33.5 Å². The molecule has 1 aliphatic rings. The van der Waals surface area contributed by atoms with Crippen LogP contribution in [0.2, 0.25) is 5.02 Å². The number of benzene rings is 3. The molecule has 3 aromatic carbocycles. The summed E-state index contributed by atoms with van der Waals surface area (Å²) in [6, 6.07) is 22.1. The number of rotatable bonds is 3. The number of nitrogens with zero attached hydrogens (tertiary/aromatic N) is 1. The van der Waals surface area contributed by atoms with Gasteiger partial charge in [0.15, 0.2) is 0 Å². The normalized spacial score (nSPS) is 15.4. The molecule has 0 aliphatic carbocycles. The number of nitrogen functional groups attached to an aromatic ring is 1. The van der Waals surface area contributed by atoms with Crippen LogP contribution in [-0.4, -0.2) is 0 Å². The van der Waals surface area contributed by atoms with Gasteiger partial charge in [-0.3, -0.25) is 0 Å². The predicted octanol–water partition coefficient (Wildman–Crippen LogP) is 4.93. The molecule has 1 aliphatic heterocycles. The van der Waals surface area contributed by atoms with Crippen LogP contribution in [0.3, 0.4) is 0 Å². The Morgan fingerprint density at radius 3 is 2.50 bits per heavy atom. The number of halogens is 1. The molecule has 4 N–H and O–H groups in total. The van der Waals surface area contributed by atoms with Gasteiger partial charge in [0.1, 0.15) is 28.9 Å². The van der Waals surface area contributed by atoms with Gasteiger partial charge in [0, 0.05) is 22.3 Å². The van der Waals surface area contributed by atoms with Gasteiger partial charge in [-0.1, -0.05) is 29.8 Å². The van der Waals surface area contributed by atoms with Crippen LogP contribution in [0.1, 0.15) is 17.0 Å². The van der Waals surface area contributed by atoms with Crippen LogP contribution in [0.15, 0.2) is 78.2 Å². The van der Waals surface area contributed by atoms with Crippen molar-refractivity contribution < 1.29 is 9.47 Å². The van der Waals surface area contributed by atoms with Crippen LogP contribution < -0.4 is 20.9 Å². The molecule has 4 rings (SSSR count). The first-order valence-corrected chi connectivity index (χ1v) is 8.93. The molecule has 0 radical (unpaired) electrons. The van der Waals surface area contributed by atoms with Crippen molar-refractivity contribution in [2.24, 2.45) is 5.73 Å². The zero-order chi connectivity index (χ0) is 19.7. The van der Waals surface area contributed by atoms with Crippen molar-refractivity contribution >= 4 is 17.3 Å². The zero-order valence-corrected chi connectivity index (χ0v) is 15.5. The number of hydrogen-bond donors (Lipinski definition) is 2. The largest absolute Gasteiger partial charge is 0.457 e. The molecule has 0 fully saturated rings. The maximum absolute atomic E-state index is 9.67. The molecule has 1 atom stereocenters. The fourth-order valence-corrected chi connectivity index (χ4v) is 3.34. The van der Waals surface area contributed by atoms with Crippen molar-refractivity contribution in [2.75, 3.05) is 5.73 Å². The molecule has 0 bridgehead atoms. The highest BCUT2D eigenvalue weighted by Gasteiger charge is 2.30. The van der Waals surface area contributed by atoms with Crippen molar-refractivity contribution in [1.82, 2.24) is 0 Å². The van der Waals surface area contributed by atoms with Gasteiger partial charge in [0.2, 0.25) is 5.88 Å². The number of allylic oxidation sites excluding steroid dienone is 1. The summed E-state index contributed by atoms with van der Waals surface area (Å²) in [5.74, 6) is 1.56. The lowest BCUT2D eigenvalue weighted by molar-refractivity contribution is 0.394. The highest BCUT2D eigenvalue weighted by atomic mass is 35.5. The molecular weight excluding hydrogens is 374 g/mol. The summed E-state index contributed by atoms with van der Waals surface area (Å²) in [6.07, 6.45) is 0. The number of ether oxygens (including phenoxy) is 2. The van der Waals surface area contributed by atoms with Crippen molar-refractivity contribution in [3.05, 3.63) is 94.3 Å². The van der Waals surface area contributed by atoms with Crippen LogP contribution in [0.25, 0.3) is 0 Å². The van der Waals surface area contributed by atoms with E-state index in [1.165, 1.54) is 0 Å². The second-order valence-corrected chi connectivity index (χ2v) is 6.79. The summed E-state index contributed by atoms with van der Waals surface area (Å²) in [7, 11) is 0. The minimum Gasteiger partial charge on any atom is -0.457 e. The molecule has 0 unspecified atom stereocenters. The van der Waals surface area contributed by atoms with Crippen molar-refractivity contribution in [2.45, 2.75) is 5.92 Å². The quantitative estimate of drug-likeness (QED) is 0.619. The molecule has 0 spiro atoms. The molecule has 1 heterocycles. The first-order chi connectivity index (χ1) is 13.5. The van der Waals surface area contributed by atoms with Gasteiger partial charge >= 0.3 is 0 Å². The Hall–Kier alpha value is -3.62. The Kier molecular flexibility index (Phi) is 4.56. The Balaban J connectivity index is 1.75. The van der Waals surface area contributed by atoms with Gasteiger partial charge in [-0.2, -0.15) is 5.26 Å².